The number of carbonyl (C=O) groups is 19. The van der Waals surface area contributed by atoms with E-state index in [1.807, 2.05) is 44.3 Å². The number of hydrogen-bond acceptors (Lipinski definition) is 20. The van der Waals surface area contributed by atoms with Gasteiger partial charge in [-0.05, 0) is 106 Å². The summed E-state index contributed by atoms with van der Waals surface area (Å²) in [6, 6.07) is 9.95. The van der Waals surface area contributed by atoms with Gasteiger partial charge in [-0.2, -0.15) is 0 Å². The molecule has 0 fully saturated rings. The van der Waals surface area contributed by atoms with E-state index >= 15 is 0 Å². The van der Waals surface area contributed by atoms with Gasteiger partial charge in [0.05, 0.1) is 32.5 Å². The number of nitrogens with zero attached hydrogens (tertiary/aromatic N) is 1. The Morgan fingerprint density at radius 1 is 0.327 bits per heavy atom. The summed E-state index contributed by atoms with van der Waals surface area (Å²) in [6.45, 7) is 9.38. The Morgan fingerprint density at radius 2 is 0.707 bits per heavy atom. The van der Waals surface area contributed by atoms with Crippen molar-refractivity contribution in [3.8, 4) is 0 Å². The van der Waals surface area contributed by atoms with Crippen molar-refractivity contribution < 1.29 is 106 Å². The van der Waals surface area contributed by atoms with Crippen molar-refractivity contribution in [3.63, 3.8) is 0 Å². The monoisotopic (exact) mass is 2100 g/mol. The third kappa shape index (κ3) is 55.8. The van der Waals surface area contributed by atoms with Crippen LogP contribution in [-0.2, 0) is 110 Å². The number of aromatic amines is 2. The van der Waals surface area contributed by atoms with Crippen molar-refractivity contribution in [2.45, 2.75) is 359 Å². The molecular weight excluding hydrogens is 1930 g/mol. The second kappa shape index (κ2) is 74.8. The van der Waals surface area contributed by atoms with Crippen LogP contribution < -0.4 is 97.0 Å². The summed E-state index contributed by atoms with van der Waals surface area (Å²) >= 11 is 0. The Labute approximate surface area is 879 Å². The maximum atomic E-state index is 14.7. The van der Waals surface area contributed by atoms with Crippen molar-refractivity contribution in [3.05, 3.63) is 108 Å². The molecule has 43 nitrogen and oxygen atoms in total. The number of benzene rings is 3. The number of carboxylic acid groups (broad SMARTS) is 3. The third-order valence-electron chi connectivity index (χ3n) is 25.2. The third-order valence-corrected chi connectivity index (χ3v) is 25.2. The second-order valence-electron chi connectivity index (χ2n) is 38.7. The molecule has 832 valence electrons. The Bertz CT molecular complexity index is 5080. The predicted octanol–water partition coefficient (Wildman–Crippen LogP) is 6.54. The van der Waals surface area contributed by atoms with Gasteiger partial charge in [0.1, 0.15) is 60.9 Å². The number of hydrogen-bond donors (Lipinski definition) is 23. The SMILES string of the molecule is CCCCCCCCCCCCCCCC(=O)NCCCC[C@H](NC(=O)CCCCCCCCCCCCCCC)C(=O)NCC(=O)N[C@@H](CC(=O)O)C(=O)N[C@@H](Cc1c[nH]c2ccccc12)C(=O)N[C@@H](CC(=O)O)C(=O)N[C@@H](CCC(N)=O)C(=O)N[C@@H](Cc1ccccc1)C(=O)NCC(=O)N[C@@H](CC(C)C)C(=O)NC.C[C@H](NC(=O)CNC(=O)C(CCCN=C(N)N)NC(=O)[C@@H](C)Cc1c[nH]c2ccccc12)C(=O)NCC(=O)O. The molecule has 43 heteroatoms. The number of para-hydroxylation sites is 2. The number of aliphatic imine (C=N–C) groups is 1. The first-order valence-electron chi connectivity index (χ1n) is 53.2. The Hall–Kier alpha value is -14.1. The molecule has 0 aliphatic heterocycles. The number of amides is 16. The molecule has 0 saturated carbocycles. The van der Waals surface area contributed by atoms with Crippen molar-refractivity contribution in [1.82, 2.24) is 89.7 Å². The largest absolute Gasteiger partial charge is 0.481 e. The summed E-state index contributed by atoms with van der Waals surface area (Å²) < 4.78 is 0. The average molecular weight is 2100 g/mol. The molecule has 26 N–H and O–H groups in total. The number of carbonyl (C=O) groups excluding carboxylic acids is 16. The van der Waals surface area contributed by atoms with Crippen LogP contribution in [0.25, 0.3) is 21.8 Å². The smallest absolute Gasteiger partial charge is 0.322 e. The molecule has 5 aromatic rings. The number of fused-ring (bicyclic) bond motifs is 2. The van der Waals surface area contributed by atoms with Crippen LogP contribution in [0.3, 0.4) is 0 Å². The fourth-order valence-corrected chi connectivity index (χ4v) is 16.9. The first kappa shape index (κ1) is 128. The Kier molecular flexibility index (Phi) is 63.9. The van der Waals surface area contributed by atoms with Crippen molar-refractivity contribution in [1.29, 1.82) is 0 Å². The van der Waals surface area contributed by atoms with Gasteiger partial charge >= 0.3 is 17.9 Å². The lowest BCUT2D eigenvalue weighted by atomic mass is 9.99. The molecule has 0 bridgehead atoms. The molecule has 150 heavy (non-hydrogen) atoms. The van der Waals surface area contributed by atoms with E-state index in [0.717, 1.165) is 67.8 Å². The summed E-state index contributed by atoms with van der Waals surface area (Å²) in [5.74, 6) is -17.3. The molecule has 0 radical (unpaired) electrons. The lowest BCUT2D eigenvalue weighted by Crippen LogP contribution is -2.60. The van der Waals surface area contributed by atoms with Gasteiger partial charge in [-0.15, -0.1) is 0 Å². The molecule has 3 aromatic carbocycles. The van der Waals surface area contributed by atoms with Gasteiger partial charge in [-0.1, -0.05) is 255 Å². The lowest BCUT2D eigenvalue weighted by molar-refractivity contribution is -0.142. The van der Waals surface area contributed by atoms with Crippen molar-refractivity contribution >= 4 is 140 Å². The van der Waals surface area contributed by atoms with E-state index in [9.17, 15) is 101 Å². The Balaban J connectivity index is 0.000000997. The van der Waals surface area contributed by atoms with Gasteiger partial charge in [-0.3, -0.25) is 96.1 Å². The van der Waals surface area contributed by atoms with E-state index in [0.29, 0.717) is 67.1 Å². The number of rotatable bonds is 79. The first-order valence-corrected chi connectivity index (χ1v) is 53.2. The summed E-state index contributed by atoms with van der Waals surface area (Å²) in [5, 5.41) is 67.9. The fraction of sp³-hybridized carbons (Fsp3) is 0.607. The molecule has 0 spiro atoms. The number of aliphatic carboxylic acids is 3. The van der Waals surface area contributed by atoms with E-state index in [2.05, 4.69) is 109 Å². The minimum absolute atomic E-state index is 0.00302. The molecule has 0 aliphatic rings. The summed E-state index contributed by atoms with van der Waals surface area (Å²) in [7, 11) is 1.41. The average Bonchev–Trinajstić information content (AvgIpc) is 1.67. The minimum atomic E-state index is -2.05. The van der Waals surface area contributed by atoms with Gasteiger partial charge in [0, 0.05) is 92.4 Å². The zero-order chi connectivity index (χ0) is 111. The van der Waals surface area contributed by atoms with Gasteiger partial charge in [0.25, 0.3) is 0 Å². The van der Waals surface area contributed by atoms with Crippen LogP contribution in [-0.4, -0.2) is 244 Å². The van der Waals surface area contributed by atoms with Crippen LogP contribution >= 0.6 is 0 Å². The van der Waals surface area contributed by atoms with Crippen LogP contribution in [0.2, 0.25) is 0 Å². The van der Waals surface area contributed by atoms with Crippen LogP contribution in [0.1, 0.15) is 302 Å². The summed E-state index contributed by atoms with van der Waals surface area (Å²) in [6.07, 6.45) is 32.5. The zero-order valence-electron chi connectivity index (χ0n) is 88.5. The van der Waals surface area contributed by atoms with E-state index < -0.39 is 213 Å². The number of carboxylic acids is 3. The first-order chi connectivity index (χ1) is 71.8. The number of guanidine groups is 1. The molecule has 0 saturated heterocycles. The molecule has 10 atom stereocenters. The maximum absolute atomic E-state index is 14.7. The van der Waals surface area contributed by atoms with E-state index in [-0.39, 0.29) is 68.2 Å². The topological polar surface area (TPSA) is 687 Å². The Morgan fingerprint density at radius 3 is 1.18 bits per heavy atom. The maximum Gasteiger partial charge on any atom is 0.322 e. The molecule has 0 aliphatic carbocycles. The van der Waals surface area contributed by atoms with Crippen LogP contribution in [0, 0.1) is 11.8 Å². The molecule has 16 amide bonds. The number of unbranched alkanes of at least 4 members (excludes halogenated alkanes) is 25. The van der Waals surface area contributed by atoms with Crippen LogP contribution in [0.15, 0.2) is 96.2 Å². The van der Waals surface area contributed by atoms with Crippen molar-refractivity contribution in [2.75, 3.05) is 46.3 Å². The normalized spacial score (nSPS) is 13.0. The summed E-state index contributed by atoms with van der Waals surface area (Å²) in [5.41, 5.74) is 19.6. The number of nitrogens with one attached hydrogen (secondary N) is 17. The van der Waals surface area contributed by atoms with Crippen LogP contribution in [0.4, 0.5) is 0 Å². The predicted molar refractivity (Wildman–Crippen MR) is 570 cm³/mol. The van der Waals surface area contributed by atoms with E-state index in [4.69, 9.17) is 22.3 Å². The van der Waals surface area contributed by atoms with Gasteiger partial charge in [0.2, 0.25) is 94.5 Å². The highest BCUT2D eigenvalue weighted by Gasteiger charge is 2.37. The number of aromatic nitrogens is 2. The quantitative estimate of drug-likeness (QED) is 0.0112. The second-order valence-corrected chi connectivity index (χ2v) is 38.7. The summed E-state index contributed by atoms with van der Waals surface area (Å²) in [4.78, 5) is 259. The van der Waals surface area contributed by atoms with E-state index in [1.165, 1.54) is 129 Å². The van der Waals surface area contributed by atoms with Gasteiger partial charge < -0.3 is 122 Å². The zero-order valence-corrected chi connectivity index (χ0v) is 88.5. The molecule has 1 unspecified atom stereocenters. The highest BCUT2D eigenvalue weighted by Crippen LogP contribution is 2.24. The van der Waals surface area contributed by atoms with Gasteiger partial charge in [-0.25, -0.2) is 0 Å². The number of likely N-dealkylation sites (N-methyl/N-ethyl adjacent to an activating group) is 1. The minimum Gasteiger partial charge on any atom is -0.481 e. The van der Waals surface area contributed by atoms with E-state index in [1.54, 1.807) is 61.5 Å². The fourth-order valence-electron chi connectivity index (χ4n) is 16.9. The molecular formula is C107H167N21O22. The number of primary amides is 1. The van der Waals surface area contributed by atoms with Crippen LogP contribution in [0.5, 0.6) is 0 Å². The molecule has 2 heterocycles. The van der Waals surface area contributed by atoms with Gasteiger partial charge in [0.15, 0.2) is 5.96 Å². The lowest BCUT2D eigenvalue weighted by Gasteiger charge is -2.27. The highest BCUT2D eigenvalue weighted by molar-refractivity contribution is 6.01. The standard InChI is InChI=1S/C82H131N13O16.C25H36N8O6/c1-6-8-10-12-14-16-18-20-22-24-26-28-33-44-70(97)85-48-38-37-43-62(89-71(98)45-34-29-27-25-23-21-19-17-15-13-11-9-7-2)77(106)87-55-73(100)91-67(52-74(101)102)81(110)94-66(51-59-54-86-61-42-36-35-41-60(59)61)80(109)95-68(53-75(103)104)82(111)92-63(46-47-69(83)96)79(108)93-65(50-58-39-31-30-32-40-58)78(107)88-56-72(99)90-64(49-57(3)4)76(105)84-5;1-14(10-16-11-29-18-7-4-3-6-17(16)18)22(37)33-19(8-5-9-28-25(26)27)24(39)30-12-20(34)32-15(2)23(38)31-13-21(35)36/h30-32,35-36,39-42,54,57,62-68,86H,6-29,33-34,37-38,43-53,55-56H2,1-5H3,(H2,83,96)(H,84,105)(H,85,97)(H,87,106)(H,88,107)(H,89,98)(H,90,99)(H,91,100)(H,92,111)(H,93,108)(H,94,110)(H,95,109)(H,101,102)(H,103,104);3-4,6-7,11,14-15,19,29H,5,8-10,12-13H2,1-2H3,(H,30,39)(H,31,38)(H,32,34)(H,33,37)(H,35,36)(H4,26,27,28)/t62-,63-,64-,65-,66-,67-,68-;14-,15-,19?/m00/s1. The number of nitrogens with two attached hydrogens (primary N) is 3. The molecule has 5 rings (SSSR count). The molecule has 2 aromatic heterocycles. The highest BCUT2D eigenvalue weighted by atomic mass is 16.4. The van der Waals surface area contributed by atoms with Crippen molar-refractivity contribution in [2.24, 2.45) is 34.0 Å². The number of H-pyrrole nitrogens is 2.